The Bertz CT molecular complexity index is 1370. The molecule has 2 saturated heterocycles. The smallest absolute Gasteiger partial charge is 0.174 e. The number of hydrogen-bond acceptors (Lipinski definition) is 6. The molecule has 194 valence electrons. The van der Waals surface area contributed by atoms with E-state index >= 15 is 0 Å². The van der Waals surface area contributed by atoms with Crippen molar-refractivity contribution in [1.29, 1.82) is 0 Å². The second-order valence-electron chi connectivity index (χ2n) is 9.27. The predicted octanol–water partition coefficient (Wildman–Crippen LogP) is 5.75. The van der Waals surface area contributed by atoms with Crippen LogP contribution in [0.4, 0.5) is 11.4 Å². The number of ether oxygens (including phenoxy) is 2. The molecule has 38 heavy (non-hydrogen) atoms. The number of rotatable bonds is 7. The number of furan rings is 1. The fourth-order valence-electron chi connectivity index (χ4n) is 5.12. The summed E-state index contributed by atoms with van der Waals surface area (Å²) in [5.74, 6) is 2.45. The van der Waals surface area contributed by atoms with E-state index in [2.05, 4.69) is 44.4 Å². The quantitative estimate of drug-likeness (QED) is 0.305. The van der Waals surface area contributed by atoms with Gasteiger partial charge in [0.05, 0.1) is 31.6 Å². The zero-order valence-electron chi connectivity index (χ0n) is 21.2. The number of aromatic nitrogens is 1. The first kappa shape index (κ1) is 24.5. The van der Waals surface area contributed by atoms with Gasteiger partial charge in [-0.2, -0.15) is 0 Å². The van der Waals surface area contributed by atoms with E-state index in [-0.39, 0.29) is 12.1 Å². The molecule has 0 radical (unpaired) electrons. The Balaban J connectivity index is 1.34. The zero-order valence-corrected chi connectivity index (χ0v) is 22.1. The summed E-state index contributed by atoms with van der Waals surface area (Å²) in [7, 11) is 0. The normalized spacial score (nSPS) is 19.4. The van der Waals surface area contributed by atoms with Crippen LogP contribution in [0.3, 0.4) is 0 Å². The van der Waals surface area contributed by atoms with Gasteiger partial charge in [0.2, 0.25) is 0 Å². The monoisotopic (exact) mass is 526 g/mol. The molecule has 0 unspecified atom stereocenters. The SMILES string of the molecule is CCOc1ccc(-c2ccc([C@H]3[C@H](c4ccccn4)NC(=S)N3c3ccc(N4CCOCC4)cc3)o2)cc1. The second kappa shape index (κ2) is 10.8. The molecule has 8 heteroatoms. The third-order valence-corrected chi connectivity index (χ3v) is 7.28. The van der Waals surface area contributed by atoms with E-state index in [9.17, 15) is 0 Å². The van der Waals surface area contributed by atoms with E-state index < -0.39 is 0 Å². The number of anilines is 2. The highest BCUT2D eigenvalue weighted by Crippen LogP contribution is 2.43. The van der Waals surface area contributed by atoms with Crippen LogP contribution in [0.1, 0.15) is 30.5 Å². The molecule has 0 spiro atoms. The molecule has 0 saturated carbocycles. The first-order valence-corrected chi connectivity index (χ1v) is 13.4. The molecule has 7 nitrogen and oxygen atoms in total. The lowest BCUT2D eigenvalue weighted by Gasteiger charge is -2.30. The molecule has 0 amide bonds. The highest BCUT2D eigenvalue weighted by atomic mass is 32.1. The molecule has 2 fully saturated rings. The Hall–Kier alpha value is -3.88. The van der Waals surface area contributed by atoms with Gasteiger partial charge < -0.3 is 29.0 Å². The van der Waals surface area contributed by atoms with Gasteiger partial charge in [-0.05, 0) is 91.9 Å². The maximum Gasteiger partial charge on any atom is 0.174 e. The average Bonchev–Trinajstić information content (AvgIpc) is 3.59. The summed E-state index contributed by atoms with van der Waals surface area (Å²) in [6.07, 6.45) is 1.81. The van der Waals surface area contributed by atoms with Gasteiger partial charge in [0.25, 0.3) is 0 Å². The molecular weight excluding hydrogens is 496 g/mol. The van der Waals surface area contributed by atoms with Crippen LogP contribution in [-0.2, 0) is 4.74 Å². The summed E-state index contributed by atoms with van der Waals surface area (Å²) in [4.78, 5) is 9.13. The van der Waals surface area contributed by atoms with Crippen LogP contribution < -0.4 is 19.9 Å². The van der Waals surface area contributed by atoms with Gasteiger partial charge in [0.15, 0.2) is 5.11 Å². The molecule has 2 aromatic carbocycles. The third kappa shape index (κ3) is 4.85. The van der Waals surface area contributed by atoms with Gasteiger partial charge in [0, 0.05) is 36.2 Å². The van der Waals surface area contributed by atoms with Crippen molar-refractivity contribution in [3.8, 4) is 17.1 Å². The van der Waals surface area contributed by atoms with Crippen molar-refractivity contribution in [2.75, 3.05) is 42.7 Å². The first-order chi connectivity index (χ1) is 18.7. The van der Waals surface area contributed by atoms with Gasteiger partial charge in [-0.3, -0.25) is 4.98 Å². The summed E-state index contributed by atoms with van der Waals surface area (Å²) < 4.78 is 17.6. The van der Waals surface area contributed by atoms with E-state index in [0.717, 1.165) is 60.5 Å². The van der Waals surface area contributed by atoms with Crippen LogP contribution in [0.25, 0.3) is 11.3 Å². The van der Waals surface area contributed by atoms with Gasteiger partial charge in [-0.1, -0.05) is 6.07 Å². The molecular formula is C30H30N4O3S. The third-order valence-electron chi connectivity index (χ3n) is 6.97. The van der Waals surface area contributed by atoms with Crippen LogP contribution in [0.2, 0.25) is 0 Å². The summed E-state index contributed by atoms with van der Waals surface area (Å²) >= 11 is 5.88. The number of thiocarbonyl (C=S) groups is 1. The van der Waals surface area contributed by atoms with Crippen LogP contribution in [-0.4, -0.2) is 43.0 Å². The number of nitrogens with one attached hydrogen (secondary N) is 1. The Kier molecular flexibility index (Phi) is 6.98. The van der Waals surface area contributed by atoms with E-state index in [1.807, 2.05) is 67.7 Å². The van der Waals surface area contributed by atoms with E-state index in [1.165, 1.54) is 5.69 Å². The van der Waals surface area contributed by atoms with Gasteiger partial charge in [-0.15, -0.1) is 0 Å². The van der Waals surface area contributed by atoms with Crippen molar-refractivity contribution in [2.45, 2.75) is 19.0 Å². The summed E-state index contributed by atoms with van der Waals surface area (Å²) in [6, 6.07) is 26.2. The number of hydrogen-bond donors (Lipinski definition) is 1. The summed E-state index contributed by atoms with van der Waals surface area (Å²) in [5, 5.41) is 4.15. The van der Waals surface area contributed by atoms with Crippen molar-refractivity contribution in [2.24, 2.45) is 0 Å². The minimum atomic E-state index is -0.205. The highest BCUT2D eigenvalue weighted by molar-refractivity contribution is 7.80. The predicted molar refractivity (Wildman–Crippen MR) is 153 cm³/mol. The summed E-state index contributed by atoms with van der Waals surface area (Å²) in [6.45, 7) is 5.92. The average molecular weight is 527 g/mol. The molecule has 4 heterocycles. The highest BCUT2D eigenvalue weighted by Gasteiger charge is 2.42. The molecule has 2 aliphatic rings. The van der Waals surface area contributed by atoms with E-state index in [0.29, 0.717) is 11.7 Å². The molecule has 0 bridgehead atoms. The van der Waals surface area contributed by atoms with Crippen molar-refractivity contribution in [3.63, 3.8) is 0 Å². The van der Waals surface area contributed by atoms with Gasteiger partial charge in [-0.25, -0.2) is 0 Å². The number of nitrogens with zero attached hydrogens (tertiary/aromatic N) is 3. The van der Waals surface area contributed by atoms with Gasteiger partial charge >= 0.3 is 0 Å². The number of pyridine rings is 1. The Morgan fingerprint density at radius 2 is 1.71 bits per heavy atom. The van der Waals surface area contributed by atoms with Crippen LogP contribution >= 0.6 is 12.2 Å². The standard InChI is InChI=1S/C30H30N4O3S/c1-2-36-24-12-6-21(7-13-24)26-14-15-27(37-26)29-28(25-5-3-4-16-31-25)32-30(38)34(29)23-10-8-22(9-11-23)33-17-19-35-20-18-33/h3-16,28-29H,2,17-20H2,1H3,(H,32,38)/t28-,29-/m0/s1. The maximum absolute atomic E-state index is 6.49. The molecule has 1 N–H and O–H groups in total. The van der Waals surface area contributed by atoms with Crippen molar-refractivity contribution in [3.05, 3.63) is 96.5 Å². The lowest BCUT2D eigenvalue weighted by Crippen LogP contribution is -2.36. The van der Waals surface area contributed by atoms with Gasteiger partial charge in [0.1, 0.15) is 23.3 Å². The fraction of sp³-hybridized carbons (Fsp3) is 0.267. The van der Waals surface area contributed by atoms with Crippen molar-refractivity contribution in [1.82, 2.24) is 10.3 Å². The van der Waals surface area contributed by atoms with Crippen LogP contribution in [0.5, 0.6) is 5.75 Å². The molecule has 2 aliphatic heterocycles. The Morgan fingerprint density at radius 3 is 2.42 bits per heavy atom. The Morgan fingerprint density at radius 1 is 0.947 bits per heavy atom. The lowest BCUT2D eigenvalue weighted by molar-refractivity contribution is 0.122. The minimum absolute atomic E-state index is 0.165. The fourth-order valence-corrected chi connectivity index (χ4v) is 5.46. The van der Waals surface area contributed by atoms with E-state index in [4.69, 9.17) is 26.1 Å². The largest absolute Gasteiger partial charge is 0.494 e. The molecule has 6 rings (SSSR count). The molecule has 0 aliphatic carbocycles. The number of morpholine rings is 1. The maximum atomic E-state index is 6.49. The second-order valence-corrected chi connectivity index (χ2v) is 9.66. The lowest BCUT2D eigenvalue weighted by atomic mass is 10.0. The number of benzene rings is 2. The first-order valence-electron chi connectivity index (χ1n) is 13.0. The zero-order chi connectivity index (χ0) is 25.9. The van der Waals surface area contributed by atoms with E-state index in [1.54, 1.807) is 0 Å². The van der Waals surface area contributed by atoms with Crippen LogP contribution in [0, 0.1) is 0 Å². The van der Waals surface area contributed by atoms with Crippen molar-refractivity contribution < 1.29 is 13.9 Å². The summed E-state index contributed by atoms with van der Waals surface area (Å²) in [5.41, 5.74) is 4.08. The van der Waals surface area contributed by atoms with Crippen molar-refractivity contribution >= 4 is 28.7 Å². The molecule has 2 atom stereocenters. The molecule has 2 aromatic heterocycles. The molecule has 4 aromatic rings. The van der Waals surface area contributed by atoms with Crippen LogP contribution in [0.15, 0.2) is 89.5 Å². The Labute approximate surface area is 228 Å². The minimum Gasteiger partial charge on any atom is -0.494 e. The topological polar surface area (TPSA) is 63.0 Å².